The third-order valence-corrected chi connectivity index (χ3v) is 2.11. The SMILES string of the molecule is CC(Br)CS(=O)(=O)O. The van der Waals surface area contributed by atoms with E-state index >= 15 is 0 Å². The van der Waals surface area contributed by atoms with E-state index in [2.05, 4.69) is 15.9 Å². The van der Waals surface area contributed by atoms with Gasteiger partial charge in [-0.2, -0.15) is 8.42 Å². The summed E-state index contributed by atoms with van der Waals surface area (Å²) in [6, 6.07) is 0. The van der Waals surface area contributed by atoms with Crippen molar-refractivity contribution in [1.82, 2.24) is 0 Å². The fourth-order valence-electron chi connectivity index (χ4n) is 0.290. The third kappa shape index (κ3) is 6.39. The van der Waals surface area contributed by atoms with Crippen molar-refractivity contribution >= 4 is 26.0 Å². The Hall–Kier alpha value is 0.390. The Balaban J connectivity index is 3.75. The summed E-state index contributed by atoms with van der Waals surface area (Å²) in [7, 11) is -3.77. The standard InChI is InChI=1S/C3H7BrO3S/c1-3(4)2-8(5,6)7/h3H,2H2,1H3,(H,5,6,7). The van der Waals surface area contributed by atoms with Gasteiger partial charge in [-0.25, -0.2) is 0 Å². The third-order valence-electron chi connectivity index (χ3n) is 0.440. The van der Waals surface area contributed by atoms with Crippen molar-refractivity contribution < 1.29 is 13.0 Å². The molecule has 8 heavy (non-hydrogen) atoms. The maximum atomic E-state index is 9.97. The van der Waals surface area contributed by atoms with Crippen LogP contribution in [-0.4, -0.2) is 23.6 Å². The van der Waals surface area contributed by atoms with Gasteiger partial charge in [0.05, 0.1) is 5.75 Å². The van der Waals surface area contributed by atoms with Crippen molar-refractivity contribution in [3.05, 3.63) is 0 Å². The maximum absolute atomic E-state index is 9.97. The van der Waals surface area contributed by atoms with Gasteiger partial charge in [-0.05, 0) is 0 Å². The van der Waals surface area contributed by atoms with E-state index in [1.165, 1.54) is 0 Å². The van der Waals surface area contributed by atoms with Crippen molar-refractivity contribution in [2.24, 2.45) is 0 Å². The highest BCUT2D eigenvalue weighted by Crippen LogP contribution is 1.99. The van der Waals surface area contributed by atoms with Crippen molar-refractivity contribution in [2.75, 3.05) is 5.75 Å². The van der Waals surface area contributed by atoms with Crippen LogP contribution in [0.5, 0.6) is 0 Å². The molecule has 0 aliphatic carbocycles. The van der Waals surface area contributed by atoms with Crippen LogP contribution in [0.4, 0.5) is 0 Å². The van der Waals surface area contributed by atoms with E-state index in [0.29, 0.717) is 0 Å². The number of hydrogen-bond donors (Lipinski definition) is 1. The molecule has 0 saturated carbocycles. The second-order valence-corrected chi connectivity index (χ2v) is 4.59. The highest BCUT2D eigenvalue weighted by atomic mass is 79.9. The average molecular weight is 203 g/mol. The predicted molar refractivity (Wildman–Crippen MR) is 34.8 cm³/mol. The molecule has 0 bridgehead atoms. The van der Waals surface area contributed by atoms with E-state index in [4.69, 9.17) is 4.55 Å². The van der Waals surface area contributed by atoms with E-state index in [1.54, 1.807) is 6.92 Å². The van der Waals surface area contributed by atoms with Crippen molar-refractivity contribution in [2.45, 2.75) is 11.8 Å². The monoisotopic (exact) mass is 202 g/mol. The van der Waals surface area contributed by atoms with Crippen LogP contribution in [0.2, 0.25) is 0 Å². The molecule has 0 saturated heterocycles. The maximum Gasteiger partial charge on any atom is 0.265 e. The molecule has 0 aromatic heterocycles. The van der Waals surface area contributed by atoms with Crippen molar-refractivity contribution in [3.63, 3.8) is 0 Å². The molecule has 0 radical (unpaired) electrons. The van der Waals surface area contributed by atoms with Crippen LogP contribution < -0.4 is 0 Å². The van der Waals surface area contributed by atoms with Crippen LogP contribution in [0, 0.1) is 0 Å². The van der Waals surface area contributed by atoms with Crippen LogP contribution in [0.15, 0.2) is 0 Å². The van der Waals surface area contributed by atoms with E-state index in [0.717, 1.165) is 0 Å². The Labute approximate surface area is 57.0 Å². The molecule has 0 heterocycles. The average Bonchev–Trinajstić information content (AvgIpc) is 1.21. The van der Waals surface area contributed by atoms with Crippen LogP contribution in [0.3, 0.4) is 0 Å². The van der Waals surface area contributed by atoms with Gasteiger partial charge in [-0.1, -0.05) is 22.9 Å². The molecule has 3 nitrogen and oxygen atoms in total. The predicted octanol–water partition coefficient (Wildman–Crippen LogP) is 0.658. The van der Waals surface area contributed by atoms with Crippen molar-refractivity contribution in [1.29, 1.82) is 0 Å². The largest absolute Gasteiger partial charge is 0.286 e. The molecule has 5 heteroatoms. The van der Waals surface area contributed by atoms with E-state index in [9.17, 15) is 8.42 Å². The summed E-state index contributed by atoms with van der Waals surface area (Å²) in [5.41, 5.74) is 0. The molecule has 50 valence electrons. The van der Waals surface area contributed by atoms with Gasteiger partial charge in [0.25, 0.3) is 10.1 Å². The summed E-state index contributed by atoms with van der Waals surface area (Å²) in [6.45, 7) is 1.65. The summed E-state index contributed by atoms with van der Waals surface area (Å²) >= 11 is 2.97. The Morgan fingerprint density at radius 2 is 2.12 bits per heavy atom. The van der Waals surface area contributed by atoms with Gasteiger partial charge < -0.3 is 0 Å². The smallest absolute Gasteiger partial charge is 0.265 e. The number of hydrogen-bond acceptors (Lipinski definition) is 2. The van der Waals surface area contributed by atoms with Gasteiger partial charge in [-0.3, -0.25) is 4.55 Å². The molecule has 0 fully saturated rings. The Morgan fingerprint density at radius 1 is 1.75 bits per heavy atom. The summed E-state index contributed by atoms with van der Waals surface area (Å²) in [5, 5.41) is 0. The molecule has 0 rings (SSSR count). The second-order valence-electron chi connectivity index (χ2n) is 1.53. The second kappa shape index (κ2) is 2.80. The van der Waals surface area contributed by atoms with Gasteiger partial charge >= 0.3 is 0 Å². The van der Waals surface area contributed by atoms with Crippen LogP contribution in [0.1, 0.15) is 6.92 Å². The molecule has 0 aliphatic heterocycles. The topological polar surface area (TPSA) is 54.4 Å². The minimum atomic E-state index is -3.77. The van der Waals surface area contributed by atoms with Crippen molar-refractivity contribution in [3.8, 4) is 0 Å². The molecule has 0 aliphatic rings. The molecule has 1 N–H and O–H groups in total. The van der Waals surface area contributed by atoms with E-state index < -0.39 is 10.1 Å². The number of alkyl halides is 1. The van der Waals surface area contributed by atoms with Crippen LogP contribution in [0.25, 0.3) is 0 Å². The van der Waals surface area contributed by atoms with Crippen LogP contribution >= 0.6 is 15.9 Å². The molecule has 0 spiro atoms. The van der Waals surface area contributed by atoms with Gasteiger partial charge in [0, 0.05) is 4.83 Å². The highest BCUT2D eigenvalue weighted by Gasteiger charge is 2.07. The van der Waals surface area contributed by atoms with Gasteiger partial charge in [-0.15, -0.1) is 0 Å². The zero-order valence-corrected chi connectivity index (χ0v) is 6.74. The number of halogens is 1. The normalized spacial score (nSPS) is 15.9. The molecule has 0 aromatic rings. The van der Waals surface area contributed by atoms with E-state index in [-0.39, 0.29) is 10.6 Å². The zero-order chi connectivity index (χ0) is 6.78. The minimum Gasteiger partial charge on any atom is -0.286 e. The van der Waals surface area contributed by atoms with Gasteiger partial charge in [0.2, 0.25) is 0 Å². The minimum absolute atomic E-state index is 0.183. The summed E-state index contributed by atoms with van der Waals surface area (Å²) < 4.78 is 28.1. The van der Waals surface area contributed by atoms with Gasteiger partial charge in [0.1, 0.15) is 0 Å². The highest BCUT2D eigenvalue weighted by molar-refractivity contribution is 9.09. The lowest BCUT2D eigenvalue weighted by Crippen LogP contribution is -2.11. The zero-order valence-electron chi connectivity index (χ0n) is 4.33. The molecule has 1 unspecified atom stereocenters. The Morgan fingerprint density at radius 3 is 2.12 bits per heavy atom. The fourth-order valence-corrected chi connectivity index (χ4v) is 1.87. The van der Waals surface area contributed by atoms with Gasteiger partial charge in [0.15, 0.2) is 0 Å². The fraction of sp³-hybridized carbons (Fsp3) is 1.00. The molecule has 0 aromatic carbocycles. The lowest BCUT2D eigenvalue weighted by Gasteiger charge is -1.95. The summed E-state index contributed by atoms with van der Waals surface area (Å²) in [6.07, 6.45) is 0. The van der Waals surface area contributed by atoms with Crippen LogP contribution in [-0.2, 0) is 10.1 Å². The number of rotatable bonds is 2. The Bertz CT molecular complexity index is 148. The first-order chi connectivity index (χ1) is 3.42. The molecule has 1 atom stereocenters. The first-order valence-electron chi connectivity index (χ1n) is 2.01. The lowest BCUT2D eigenvalue weighted by atomic mass is 10.6. The van der Waals surface area contributed by atoms with E-state index in [1.807, 2.05) is 0 Å². The molecular weight excluding hydrogens is 196 g/mol. The first kappa shape index (κ1) is 8.39. The lowest BCUT2D eigenvalue weighted by molar-refractivity contribution is 0.483. The molecular formula is C3H7BrO3S. The summed E-state index contributed by atoms with van der Waals surface area (Å²) in [4.78, 5) is -0.183. The Kier molecular flexibility index (Phi) is 2.93. The molecule has 0 amide bonds. The summed E-state index contributed by atoms with van der Waals surface area (Å²) in [5.74, 6) is -0.229. The first-order valence-corrected chi connectivity index (χ1v) is 4.53. The quantitative estimate of drug-likeness (QED) is 0.529.